The molecule has 0 aliphatic carbocycles. The maximum absolute atomic E-state index is 12.8. The molecule has 1 amide bonds. The van der Waals surface area contributed by atoms with Gasteiger partial charge < -0.3 is 19.5 Å². The molecular formula is C16H23Cl2N5O2. The minimum absolute atomic E-state index is 0. The van der Waals surface area contributed by atoms with Crippen LogP contribution in [0.1, 0.15) is 18.8 Å². The first-order valence-electron chi connectivity index (χ1n) is 7.72. The first-order chi connectivity index (χ1) is 11.2. The largest absolute Gasteiger partial charge is 0.479 e. The normalized spacial score (nSPS) is 17.8. The van der Waals surface area contributed by atoms with Crippen LogP contribution in [0, 0.1) is 0 Å². The molecule has 1 aliphatic rings. The average molecular weight is 388 g/mol. The first-order valence-corrected chi connectivity index (χ1v) is 7.72. The molecule has 0 saturated carbocycles. The average Bonchev–Trinajstić information content (AvgIpc) is 3.01. The molecule has 1 aliphatic heterocycles. The first kappa shape index (κ1) is 21.2. The maximum atomic E-state index is 12.8. The zero-order valence-electron chi connectivity index (χ0n) is 14.2. The Morgan fingerprint density at radius 3 is 2.84 bits per heavy atom. The Morgan fingerprint density at radius 1 is 1.40 bits per heavy atom. The van der Waals surface area contributed by atoms with Gasteiger partial charge in [0.25, 0.3) is 5.91 Å². The van der Waals surface area contributed by atoms with E-state index in [4.69, 9.17) is 4.74 Å². The predicted octanol–water partition coefficient (Wildman–Crippen LogP) is 1.60. The number of imidazole rings is 1. The predicted molar refractivity (Wildman–Crippen MR) is 99.4 cm³/mol. The second-order valence-corrected chi connectivity index (χ2v) is 5.60. The van der Waals surface area contributed by atoms with E-state index in [1.54, 1.807) is 37.6 Å². The summed E-state index contributed by atoms with van der Waals surface area (Å²) in [4.78, 5) is 23.1. The number of piperazine rings is 1. The highest BCUT2D eigenvalue weighted by molar-refractivity contribution is 5.85. The number of pyridine rings is 1. The molecule has 2 aromatic heterocycles. The van der Waals surface area contributed by atoms with Crippen molar-refractivity contribution in [1.82, 2.24) is 24.8 Å². The van der Waals surface area contributed by atoms with Crippen LogP contribution in [-0.4, -0.2) is 51.1 Å². The van der Waals surface area contributed by atoms with E-state index in [1.165, 1.54) is 0 Å². The van der Waals surface area contributed by atoms with E-state index in [1.807, 2.05) is 22.7 Å². The molecule has 1 N–H and O–H groups in total. The molecular weight excluding hydrogens is 365 g/mol. The lowest BCUT2D eigenvalue weighted by atomic mass is 10.1. The zero-order valence-corrected chi connectivity index (χ0v) is 15.8. The molecule has 0 radical (unpaired) electrons. The van der Waals surface area contributed by atoms with Crippen LogP contribution < -0.4 is 10.1 Å². The smallest absolute Gasteiger partial charge is 0.264 e. The third kappa shape index (κ3) is 4.84. The van der Waals surface area contributed by atoms with Crippen molar-refractivity contribution < 1.29 is 9.53 Å². The molecule has 1 saturated heterocycles. The summed E-state index contributed by atoms with van der Waals surface area (Å²) >= 11 is 0. The van der Waals surface area contributed by atoms with Gasteiger partial charge in [0.15, 0.2) is 6.10 Å². The van der Waals surface area contributed by atoms with Gasteiger partial charge in [-0.2, -0.15) is 0 Å². The van der Waals surface area contributed by atoms with E-state index in [-0.39, 0.29) is 36.8 Å². The van der Waals surface area contributed by atoms with Crippen molar-refractivity contribution in [2.75, 3.05) is 19.6 Å². The summed E-state index contributed by atoms with van der Waals surface area (Å²) in [6.07, 6.45) is 6.36. The van der Waals surface area contributed by atoms with E-state index >= 15 is 0 Å². The monoisotopic (exact) mass is 387 g/mol. The lowest BCUT2D eigenvalue weighted by Gasteiger charge is -2.37. The lowest BCUT2D eigenvalue weighted by molar-refractivity contribution is -0.141. The second kappa shape index (κ2) is 9.60. The van der Waals surface area contributed by atoms with Gasteiger partial charge in [-0.05, 0) is 19.1 Å². The van der Waals surface area contributed by atoms with Crippen LogP contribution in [0.5, 0.6) is 5.75 Å². The molecule has 25 heavy (non-hydrogen) atoms. The SMILES string of the molecule is CC(Oc1cccnc1)C(=O)N1CCNCC1c1nccn1C.Cl.Cl. The number of nitrogens with one attached hydrogen (secondary N) is 1. The Bertz CT molecular complexity index is 668. The summed E-state index contributed by atoms with van der Waals surface area (Å²) in [5.74, 6) is 1.43. The summed E-state index contributed by atoms with van der Waals surface area (Å²) in [5, 5.41) is 3.33. The fourth-order valence-electron chi connectivity index (χ4n) is 2.80. The van der Waals surface area contributed by atoms with Crippen molar-refractivity contribution in [1.29, 1.82) is 0 Å². The van der Waals surface area contributed by atoms with Crippen molar-refractivity contribution in [2.45, 2.75) is 19.1 Å². The van der Waals surface area contributed by atoms with Gasteiger partial charge in [-0.1, -0.05) is 0 Å². The van der Waals surface area contributed by atoms with Crippen LogP contribution in [-0.2, 0) is 11.8 Å². The molecule has 3 rings (SSSR count). The molecule has 7 nitrogen and oxygen atoms in total. The van der Waals surface area contributed by atoms with Crippen molar-refractivity contribution >= 4 is 30.7 Å². The van der Waals surface area contributed by atoms with E-state index in [9.17, 15) is 4.79 Å². The van der Waals surface area contributed by atoms with Gasteiger partial charge >= 0.3 is 0 Å². The summed E-state index contributed by atoms with van der Waals surface area (Å²) in [6.45, 7) is 3.87. The van der Waals surface area contributed by atoms with Gasteiger partial charge in [-0.3, -0.25) is 9.78 Å². The number of amides is 1. The number of hydrogen-bond donors (Lipinski definition) is 1. The number of aryl methyl sites for hydroxylation is 1. The minimum Gasteiger partial charge on any atom is -0.479 e. The molecule has 2 unspecified atom stereocenters. The summed E-state index contributed by atoms with van der Waals surface area (Å²) < 4.78 is 7.67. The molecule has 138 valence electrons. The van der Waals surface area contributed by atoms with E-state index in [0.29, 0.717) is 18.8 Å². The van der Waals surface area contributed by atoms with Crippen LogP contribution >= 0.6 is 24.8 Å². The third-order valence-electron chi connectivity index (χ3n) is 3.98. The Labute approximate surface area is 159 Å². The number of rotatable bonds is 4. The zero-order chi connectivity index (χ0) is 16.2. The highest BCUT2D eigenvalue weighted by Gasteiger charge is 2.33. The summed E-state index contributed by atoms with van der Waals surface area (Å²) in [6, 6.07) is 3.50. The van der Waals surface area contributed by atoms with Crippen molar-refractivity contribution in [3.05, 3.63) is 42.7 Å². The molecule has 2 atom stereocenters. The molecule has 0 aromatic carbocycles. The van der Waals surface area contributed by atoms with Crippen LogP contribution in [0.25, 0.3) is 0 Å². The minimum atomic E-state index is -0.569. The fraction of sp³-hybridized carbons (Fsp3) is 0.438. The molecule has 0 spiro atoms. The van der Waals surface area contributed by atoms with Gasteiger partial charge in [-0.25, -0.2) is 4.98 Å². The van der Waals surface area contributed by atoms with Crippen LogP contribution in [0.2, 0.25) is 0 Å². The number of halogens is 2. The topological polar surface area (TPSA) is 72.3 Å². The number of nitrogens with zero attached hydrogens (tertiary/aromatic N) is 4. The standard InChI is InChI=1S/C16H21N5O2.2ClH/c1-12(23-13-4-3-5-17-10-13)16(22)21-9-6-18-11-14(21)15-19-7-8-20(15)2;;/h3-5,7-8,10,12,14,18H,6,9,11H2,1-2H3;2*1H. The van der Waals surface area contributed by atoms with Crippen molar-refractivity contribution in [3.63, 3.8) is 0 Å². The Kier molecular flexibility index (Phi) is 8.15. The third-order valence-corrected chi connectivity index (χ3v) is 3.98. The number of ether oxygens (including phenoxy) is 1. The van der Waals surface area contributed by atoms with Gasteiger partial charge in [-0.15, -0.1) is 24.8 Å². The highest BCUT2D eigenvalue weighted by Crippen LogP contribution is 2.22. The molecule has 2 aromatic rings. The van der Waals surface area contributed by atoms with Crippen LogP contribution in [0.4, 0.5) is 0 Å². The van der Waals surface area contributed by atoms with Crippen LogP contribution in [0.3, 0.4) is 0 Å². The van der Waals surface area contributed by atoms with Gasteiger partial charge in [0.1, 0.15) is 17.6 Å². The number of hydrogen-bond acceptors (Lipinski definition) is 5. The molecule has 9 heteroatoms. The molecule has 0 bridgehead atoms. The second-order valence-electron chi connectivity index (χ2n) is 5.60. The Balaban J connectivity index is 0.00000156. The van der Waals surface area contributed by atoms with E-state index in [0.717, 1.165) is 12.4 Å². The van der Waals surface area contributed by atoms with Crippen molar-refractivity contribution in [2.24, 2.45) is 7.05 Å². The Morgan fingerprint density at radius 2 is 2.20 bits per heavy atom. The lowest BCUT2D eigenvalue weighted by Crippen LogP contribution is -2.52. The Hall–Kier alpha value is -1.83. The molecule has 3 heterocycles. The molecule has 1 fully saturated rings. The van der Waals surface area contributed by atoms with Gasteiger partial charge in [0.2, 0.25) is 0 Å². The van der Waals surface area contributed by atoms with Gasteiger partial charge in [0, 0.05) is 45.3 Å². The number of carbonyl (C=O) groups excluding carboxylic acids is 1. The summed E-state index contributed by atoms with van der Waals surface area (Å²) in [7, 11) is 1.94. The fourth-order valence-corrected chi connectivity index (χ4v) is 2.80. The van der Waals surface area contributed by atoms with E-state index in [2.05, 4.69) is 15.3 Å². The summed E-state index contributed by atoms with van der Waals surface area (Å²) in [5.41, 5.74) is 0. The van der Waals surface area contributed by atoms with Gasteiger partial charge in [0.05, 0.1) is 6.20 Å². The van der Waals surface area contributed by atoms with E-state index < -0.39 is 6.10 Å². The highest BCUT2D eigenvalue weighted by atomic mass is 35.5. The number of carbonyl (C=O) groups is 1. The maximum Gasteiger partial charge on any atom is 0.264 e. The quantitative estimate of drug-likeness (QED) is 0.862. The number of aromatic nitrogens is 3. The van der Waals surface area contributed by atoms with Crippen LogP contribution in [0.15, 0.2) is 36.9 Å². The van der Waals surface area contributed by atoms with Crippen molar-refractivity contribution in [3.8, 4) is 5.75 Å².